The molecule has 5 nitrogen and oxygen atoms in total. The van der Waals surface area contributed by atoms with Gasteiger partial charge in [-0.1, -0.05) is 37.0 Å². The average molecular weight is 357 g/mol. The Labute approximate surface area is 145 Å². The molecule has 0 unspecified atom stereocenters. The molecule has 7 heteroatoms. The molecule has 2 rings (SSSR count). The van der Waals surface area contributed by atoms with Crippen LogP contribution in [0.3, 0.4) is 0 Å². The predicted octanol–water partition coefficient (Wildman–Crippen LogP) is 4.28. The highest BCUT2D eigenvalue weighted by Crippen LogP contribution is 2.33. The lowest BCUT2D eigenvalue weighted by Gasteiger charge is -2.09. The van der Waals surface area contributed by atoms with Crippen molar-refractivity contribution >= 4 is 29.2 Å². The van der Waals surface area contributed by atoms with Gasteiger partial charge >= 0.3 is 5.97 Å². The number of halogens is 2. The van der Waals surface area contributed by atoms with Crippen molar-refractivity contribution in [1.29, 1.82) is 0 Å². The molecule has 1 aromatic carbocycles. The molecule has 0 aliphatic carbocycles. The van der Waals surface area contributed by atoms with Gasteiger partial charge in [-0.2, -0.15) is 5.10 Å². The molecule has 124 valence electrons. The van der Waals surface area contributed by atoms with Gasteiger partial charge in [0.1, 0.15) is 18.0 Å². The normalized spacial score (nSPS) is 10.7. The summed E-state index contributed by atoms with van der Waals surface area (Å²) in [6.07, 6.45) is 1.33. The number of esters is 1. The summed E-state index contributed by atoms with van der Waals surface area (Å²) in [7, 11) is 1.35. The first-order valence-electron chi connectivity index (χ1n) is 7.27. The van der Waals surface area contributed by atoms with Crippen LogP contribution in [0.25, 0.3) is 0 Å². The first-order chi connectivity index (χ1) is 11.0. The molecule has 1 heterocycles. The second-order valence-corrected chi connectivity index (χ2v) is 5.74. The molecule has 1 aromatic heterocycles. The SMILES string of the molecule is CCc1nn(CC(=O)OC)c(CC)c1Oc1cc(Cl)cc(Cl)c1. The van der Waals surface area contributed by atoms with Crippen molar-refractivity contribution in [2.24, 2.45) is 0 Å². The van der Waals surface area contributed by atoms with E-state index >= 15 is 0 Å². The van der Waals surface area contributed by atoms with E-state index in [1.54, 1.807) is 22.9 Å². The van der Waals surface area contributed by atoms with Crippen LogP contribution in [-0.2, 0) is 28.9 Å². The minimum Gasteiger partial charge on any atom is -0.468 e. The van der Waals surface area contributed by atoms with Crippen LogP contribution in [0.1, 0.15) is 25.2 Å². The van der Waals surface area contributed by atoms with Crippen molar-refractivity contribution in [1.82, 2.24) is 9.78 Å². The summed E-state index contributed by atoms with van der Waals surface area (Å²) >= 11 is 12.0. The van der Waals surface area contributed by atoms with Gasteiger partial charge in [-0.25, -0.2) is 0 Å². The molecule has 0 aliphatic rings. The zero-order chi connectivity index (χ0) is 17.0. The number of nitrogens with zero attached hydrogens (tertiary/aromatic N) is 2. The molecule has 0 saturated heterocycles. The van der Waals surface area contributed by atoms with E-state index in [1.165, 1.54) is 7.11 Å². The maximum absolute atomic E-state index is 11.5. The maximum atomic E-state index is 11.5. The van der Waals surface area contributed by atoms with E-state index in [4.69, 9.17) is 32.7 Å². The molecule has 0 atom stereocenters. The van der Waals surface area contributed by atoms with E-state index in [0.29, 0.717) is 34.4 Å². The van der Waals surface area contributed by atoms with E-state index in [0.717, 1.165) is 11.4 Å². The van der Waals surface area contributed by atoms with Gasteiger partial charge in [0.05, 0.1) is 12.8 Å². The minimum absolute atomic E-state index is 0.0480. The highest BCUT2D eigenvalue weighted by Gasteiger charge is 2.20. The smallest absolute Gasteiger partial charge is 0.327 e. The number of aryl methyl sites for hydroxylation is 1. The average Bonchev–Trinajstić information content (AvgIpc) is 2.82. The molecule has 23 heavy (non-hydrogen) atoms. The third-order valence-corrected chi connectivity index (χ3v) is 3.75. The first kappa shape index (κ1) is 17.6. The number of carbonyl (C=O) groups excluding carboxylic acids is 1. The number of benzene rings is 1. The quantitative estimate of drug-likeness (QED) is 0.724. The van der Waals surface area contributed by atoms with Crippen LogP contribution >= 0.6 is 23.2 Å². The lowest BCUT2D eigenvalue weighted by molar-refractivity contribution is -0.141. The third kappa shape index (κ3) is 4.18. The van der Waals surface area contributed by atoms with Crippen molar-refractivity contribution in [3.05, 3.63) is 39.6 Å². The molecule has 0 amide bonds. The summed E-state index contributed by atoms with van der Waals surface area (Å²) in [6.45, 7) is 4.00. The number of hydrogen-bond donors (Lipinski definition) is 0. The van der Waals surface area contributed by atoms with E-state index in [2.05, 4.69) is 5.10 Å². The number of aromatic nitrogens is 2. The van der Waals surface area contributed by atoms with Gasteiger partial charge in [0.2, 0.25) is 0 Å². The van der Waals surface area contributed by atoms with Gasteiger partial charge in [-0.15, -0.1) is 0 Å². The summed E-state index contributed by atoms with van der Waals surface area (Å²) in [4.78, 5) is 11.5. The molecule has 0 fully saturated rings. The molecule has 0 N–H and O–H groups in total. The van der Waals surface area contributed by atoms with Crippen LogP contribution in [0, 0.1) is 0 Å². The van der Waals surface area contributed by atoms with Crippen molar-refractivity contribution in [3.63, 3.8) is 0 Å². The summed E-state index contributed by atoms with van der Waals surface area (Å²) in [5.74, 6) is 0.809. The van der Waals surface area contributed by atoms with E-state index < -0.39 is 0 Å². The van der Waals surface area contributed by atoms with Crippen LogP contribution < -0.4 is 4.74 Å². The number of hydrogen-bond acceptors (Lipinski definition) is 4. The van der Waals surface area contributed by atoms with E-state index in [9.17, 15) is 4.79 Å². The predicted molar refractivity (Wildman–Crippen MR) is 89.5 cm³/mol. The Balaban J connectivity index is 2.41. The van der Waals surface area contributed by atoms with Crippen LogP contribution in [0.4, 0.5) is 0 Å². The zero-order valence-electron chi connectivity index (χ0n) is 13.2. The second-order valence-electron chi connectivity index (χ2n) is 4.87. The number of ether oxygens (including phenoxy) is 2. The van der Waals surface area contributed by atoms with E-state index in [-0.39, 0.29) is 12.5 Å². The molecule has 0 aliphatic heterocycles. The van der Waals surface area contributed by atoms with Crippen LogP contribution in [-0.4, -0.2) is 22.9 Å². The fourth-order valence-corrected chi connectivity index (χ4v) is 2.76. The van der Waals surface area contributed by atoms with Gasteiger partial charge in [-0.05, 0) is 31.0 Å². The van der Waals surface area contributed by atoms with Gasteiger partial charge in [0, 0.05) is 10.0 Å². The lowest BCUT2D eigenvalue weighted by atomic mass is 10.2. The second kappa shape index (κ2) is 7.70. The molecule has 0 saturated carbocycles. The summed E-state index contributed by atoms with van der Waals surface area (Å²) < 4.78 is 12.3. The first-order valence-corrected chi connectivity index (χ1v) is 8.03. The fraction of sp³-hybridized carbons (Fsp3) is 0.375. The zero-order valence-corrected chi connectivity index (χ0v) is 14.7. The van der Waals surface area contributed by atoms with Crippen molar-refractivity contribution in [3.8, 4) is 11.5 Å². The Bertz CT molecular complexity index is 693. The summed E-state index contributed by atoms with van der Waals surface area (Å²) in [5, 5.41) is 5.44. The van der Waals surface area contributed by atoms with Crippen molar-refractivity contribution in [2.75, 3.05) is 7.11 Å². The maximum Gasteiger partial charge on any atom is 0.327 e. The largest absolute Gasteiger partial charge is 0.468 e. The molecule has 0 spiro atoms. The van der Waals surface area contributed by atoms with Gasteiger partial charge in [0.25, 0.3) is 0 Å². The van der Waals surface area contributed by atoms with Crippen LogP contribution in [0.2, 0.25) is 10.0 Å². The fourth-order valence-electron chi connectivity index (χ4n) is 2.25. The highest BCUT2D eigenvalue weighted by atomic mass is 35.5. The van der Waals surface area contributed by atoms with Crippen LogP contribution in [0.15, 0.2) is 18.2 Å². The van der Waals surface area contributed by atoms with Gasteiger partial charge < -0.3 is 9.47 Å². The van der Waals surface area contributed by atoms with E-state index in [1.807, 2.05) is 13.8 Å². The Morgan fingerprint density at radius 2 is 1.83 bits per heavy atom. The van der Waals surface area contributed by atoms with Crippen LogP contribution in [0.5, 0.6) is 11.5 Å². The molecular formula is C16H18Cl2N2O3. The molecule has 2 aromatic rings. The van der Waals surface area contributed by atoms with Gasteiger partial charge in [0.15, 0.2) is 5.75 Å². The standard InChI is InChI=1S/C16H18Cl2N2O3/c1-4-13-16(23-12-7-10(17)6-11(18)8-12)14(5-2)20(19-13)9-15(21)22-3/h6-8H,4-5,9H2,1-3H3. The molecule has 0 bridgehead atoms. The molecule has 0 radical (unpaired) electrons. The Kier molecular flexibility index (Phi) is 5.91. The van der Waals surface area contributed by atoms with Gasteiger partial charge in [-0.3, -0.25) is 9.48 Å². The summed E-state index contributed by atoms with van der Waals surface area (Å²) in [5.41, 5.74) is 1.59. The Morgan fingerprint density at radius 3 is 2.35 bits per heavy atom. The Morgan fingerprint density at radius 1 is 1.17 bits per heavy atom. The number of methoxy groups -OCH3 is 1. The number of rotatable bonds is 6. The minimum atomic E-state index is -0.359. The highest BCUT2D eigenvalue weighted by molar-refractivity contribution is 6.34. The third-order valence-electron chi connectivity index (χ3n) is 3.31. The summed E-state index contributed by atoms with van der Waals surface area (Å²) in [6, 6.07) is 5.01. The topological polar surface area (TPSA) is 53.4 Å². The Hall–Kier alpha value is -1.72. The van der Waals surface area contributed by atoms with Crippen molar-refractivity contribution in [2.45, 2.75) is 33.2 Å². The molecular weight excluding hydrogens is 339 g/mol. The monoisotopic (exact) mass is 356 g/mol. The number of carbonyl (C=O) groups is 1. The van der Waals surface area contributed by atoms with Crippen molar-refractivity contribution < 1.29 is 14.3 Å². The lowest BCUT2D eigenvalue weighted by Crippen LogP contribution is -2.15.